The maximum atomic E-state index is 11.9. The second-order valence-electron chi connectivity index (χ2n) is 6.19. The fraction of sp³-hybridized carbons (Fsp3) is 0.588. The summed E-state index contributed by atoms with van der Waals surface area (Å²) in [6, 6.07) is 6.10. The van der Waals surface area contributed by atoms with Gasteiger partial charge in [-0.05, 0) is 45.6 Å². The molecule has 0 aliphatic heterocycles. The fourth-order valence-corrected chi connectivity index (χ4v) is 2.52. The van der Waals surface area contributed by atoms with Crippen LogP contribution in [0.15, 0.2) is 18.2 Å². The van der Waals surface area contributed by atoms with Crippen LogP contribution in [-0.2, 0) is 0 Å². The number of carbonyl (C=O) groups is 1. The molecule has 1 aromatic carbocycles. The van der Waals surface area contributed by atoms with Crippen LogP contribution in [0.5, 0.6) is 0 Å². The summed E-state index contributed by atoms with van der Waals surface area (Å²) >= 11 is 0. The van der Waals surface area contributed by atoms with E-state index in [9.17, 15) is 9.90 Å². The highest BCUT2D eigenvalue weighted by Gasteiger charge is 2.12. The summed E-state index contributed by atoms with van der Waals surface area (Å²) in [5.41, 5.74) is 3.51. The van der Waals surface area contributed by atoms with Crippen molar-refractivity contribution in [1.82, 2.24) is 10.6 Å². The summed E-state index contributed by atoms with van der Waals surface area (Å²) in [5, 5.41) is 15.1. The maximum Gasteiger partial charge on any atom is 0.315 e. The van der Waals surface area contributed by atoms with Crippen molar-refractivity contribution in [3.63, 3.8) is 0 Å². The van der Waals surface area contributed by atoms with Gasteiger partial charge in [-0.1, -0.05) is 36.2 Å². The van der Waals surface area contributed by atoms with E-state index in [1.165, 1.54) is 11.1 Å². The average molecular weight is 292 g/mol. The molecule has 1 rings (SSSR count). The van der Waals surface area contributed by atoms with Crippen LogP contribution in [0.2, 0.25) is 0 Å². The molecule has 21 heavy (non-hydrogen) atoms. The minimum atomic E-state index is -0.334. The molecular formula is C17H28N2O2. The topological polar surface area (TPSA) is 61.4 Å². The quantitative estimate of drug-likeness (QED) is 0.754. The number of hydrogen-bond donors (Lipinski definition) is 3. The highest BCUT2D eigenvalue weighted by Crippen LogP contribution is 2.16. The van der Waals surface area contributed by atoms with Crippen molar-refractivity contribution < 1.29 is 9.90 Å². The first-order valence-corrected chi connectivity index (χ1v) is 7.58. The van der Waals surface area contributed by atoms with E-state index in [-0.39, 0.29) is 24.1 Å². The first-order chi connectivity index (χ1) is 9.77. The molecule has 3 unspecified atom stereocenters. The van der Waals surface area contributed by atoms with Crippen molar-refractivity contribution in [2.45, 2.75) is 53.2 Å². The molecule has 3 atom stereocenters. The third kappa shape index (κ3) is 6.63. The summed E-state index contributed by atoms with van der Waals surface area (Å²) in [5.74, 6) is 0.257. The van der Waals surface area contributed by atoms with Gasteiger partial charge in [0.05, 0.1) is 12.1 Å². The van der Waals surface area contributed by atoms with Gasteiger partial charge >= 0.3 is 6.03 Å². The third-order valence-electron chi connectivity index (χ3n) is 3.45. The Kier molecular flexibility index (Phi) is 6.69. The highest BCUT2D eigenvalue weighted by atomic mass is 16.3. The number of benzene rings is 1. The van der Waals surface area contributed by atoms with Crippen LogP contribution in [0, 0.1) is 19.8 Å². The molecule has 0 bridgehead atoms. The SMILES string of the molecule is Cc1cc(C)cc(C(C)NC(=O)NCC(C)CC(C)O)c1. The van der Waals surface area contributed by atoms with E-state index < -0.39 is 0 Å². The Morgan fingerprint density at radius 2 is 1.71 bits per heavy atom. The minimum absolute atomic E-state index is 0.0318. The number of nitrogens with one attached hydrogen (secondary N) is 2. The summed E-state index contributed by atoms with van der Waals surface area (Å²) in [7, 11) is 0. The van der Waals surface area contributed by atoms with Gasteiger partial charge in [-0.15, -0.1) is 0 Å². The predicted octanol–water partition coefficient (Wildman–Crippen LogP) is 3.07. The molecule has 4 nitrogen and oxygen atoms in total. The lowest BCUT2D eigenvalue weighted by Gasteiger charge is -2.18. The van der Waals surface area contributed by atoms with E-state index in [4.69, 9.17) is 0 Å². The number of urea groups is 1. The number of carbonyl (C=O) groups excluding carboxylic acids is 1. The van der Waals surface area contributed by atoms with Gasteiger partial charge < -0.3 is 15.7 Å². The standard InChI is InChI=1S/C17H28N2O2/c1-11-6-12(2)9-16(8-11)15(5)19-17(21)18-10-13(3)7-14(4)20/h6,8-9,13-15,20H,7,10H2,1-5H3,(H2,18,19,21). The van der Waals surface area contributed by atoms with E-state index in [1.807, 2.05) is 13.8 Å². The fourth-order valence-electron chi connectivity index (χ4n) is 2.52. The second-order valence-corrected chi connectivity index (χ2v) is 6.19. The van der Waals surface area contributed by atoms with Crippen molar-refractivity contribution in [3.05, 3.63) is 34.9 Å². The normalized spacial score (nSPS) is 15.1. The summed E-state index contributed by atoms with van der Waals surface area (Å²) in [6.45, 7) is 10.4. The number of rotatable bonds is 6. The molecule has 0 radical (unpaired) electrons. The number of hydrogen-bond acceptors (Lipinski definition) is 2. The van der Waals surface area contributed by atoms with Gasteiger partial charge in [-0.25, -0.2) is 4.79 Å². The summed E-state index contributed by atoms with van der Waals surface area (Å²) in [4.78, 5) is 11.9. The van der Waals surface area contributed by atoms with Crippen molar-refractivity contribution >= 4 is 6.03 Å². The van der Waals surface area contributed by atoms with E-state index in [1.54, 1.807) is 6.92 Å². The second kappa shape index (κ2) is 8.03. The molecule has 0 aliphatic rings. The molecule has 0 fully saturated rings. The Bertz CT molecular complexity index is 452. The molecule has 0 heterocycles. The van der Waals surface area contributed by atoms with Gasteiger partial charge in [0.1, 0.15) is 0 Å². The van der Waals surface area contributed by atoms with Crippen LogP contribution in [0.1, 0.15) is 49.9 Å². The molecule has 4 heteroatoms. The van der Waals surface area contributed by atoms with E-state index in [2.05, 4.69) is 42.7 Å². The number of aryl methyl sites for hydroxylation is 2. The van der Waals surface area contributed by atoms with Gasteiger partial charge in [0.25, 0.3) is 0 Å². The van der Waals surface area contributed by atoms with E-state index >= 15 is 0 Å². The predicted molar refractivity (Wildman–Crippen MR) is 86.3 cm³/mol. The van der Waals surface area contributed by atoms with Crippen LogP contribution >= 0.6 is 0 Å². The summed E-state index contributed by atoms with van der Waals surface area (Å²) in [6.07, 6.45) is 0.353. The Balaban J connectivity index is 2.47. The van der Waals surface area contributed by atoms with Crippen LogP contribution in [0.4, 0.5) is 4.79 Å². The molecule has 0 saturated heterocycles. The van der Waals surface area contributed by atoms with Crippen LogP contribution in [0.25, 0.3) is 0 Å². The Labute approximate surface area is 128 Å². The number of aliphatic hydroxyl groups is 1. The smallest absolute Gasteiger partial charge is 0.315 e. The molecular weight excluding hydrogens is 264 g/mol. The van der Waals surface area contributed by atoms with E-state index in [0.717, 1.165) is 5.56 Å². The Morgan fingerprint density at radius 1 is 1.14 bits per heavy atom. The number of aliphatic hydroxyl groups excluding tert-OH is 1. The first kappa shape index (κ1) is 17.5. The van der Waals surface area contributed by atoms with Gasteiger partial charge in [-0.3, -0.25) is 0 Å². The van der Waals surface area contributed by atoms with Gasteiger partial charge in [0, 0.05) is 6.54 Å². The zero-order valence-corrected chi connectivity index (χ0v) is 13.7. The van der Waals surface area contributed by atoms with Gasteiger partial charge in [0.2, 0.25) is 0 Å². The zero-order chi connectivity index (χ0) is 16.0. The van der Waals surface area contributed by atoms with Crippen molar-refractivity contribution in [1.29, 1.82) is 0 Å². The zero-order valence-electron chi connectivity index (χ0n) is 13.7. The largest absolute Gasteiger partial charge is 0.393 e. The lowest BCUT2D eigenvalue weighted by Crippen LogP contribution is -2.39. The molecule has 0 saturated carbocycles. The molecule has 2 amide bonds. The van der Waals surface area contributed by atoms with Crippen LogP contribution in [-0.4, -0.2) is 23.8 Å². The van der Waals surface area contributed by atoms with E-state index in [0.29, 0.717) is 13.0 Å². The molecule has 0 aliphatic carbocycles. The third-order valence-corrected chi connectivity index (χ3v) is 3.45. The number of amides is 2. The molecule has 3 N–H and O–H groups in total. The Hall–Kier alpha value is -1.55. The van der Waals surface area contributed by atoms with Gasteiger partial charge in [0.15, 0.2) is 0 Å². The summed E-state index contributed by atoms with van der Waals surface area (Å²) < 4.78 is 0. The van der Waals surface area contributed by atoms with Crippen LogP contribution in [0.3, 0.4) is 0 Å². The monoisotopic (exact) mass is 292 g/mol. The Morgan fingerprint density at radius 3 is 2.24 bits per heavy atom. The maximum absolute atomic E-state index is 11.9. The van der Waals surface area contributed by atoms with Crippen molar-refractivity contribution in [2.75, 3.05) is 6.54 Å². The average Bonchev–Trinajstić information content (AvgIpc) is 2.34. The lowest BCUT2D eigenvalue weighted by atomic mass is 10.0. The molecule has 118 valence electrons. The van der Waals surface area contributed by atoms with Crippen molar-refractivity contribution in [3.8, 4) is 0 Å². The van der Waals surface area contributed by atoms with Crippen LogP contribution < -0.4 is 10.6 Å². The van der Waals surface area contributed by atoms with Crippen molar-refractivity contribution in [2.24, 2.45) is 5.92 Å². The highest BCUT2D eigenvalue weighted by molar-refractivity contribution is 5.74. The minimum Gasteiger partial charge on any atom is -0.393 e. The molecule has 0 aromatic heterocycles. The lowest BCUT2D eigenvalue weighted by molar-refractivity contribution is 0.163. The first-order valence-electron chi connectivity index (χ1n) is 7.58. The van der Waals surface area contributed by atoms with Gasteiger partial charge in [-0.2, -0.15) is 0 Å². The molecule has 1 aromatic rings. The molecule has 0 spiro atoms.